The largest absolute Gasteiger partial charge is 0.389 e. The predicted octanol–water partition coefficient (Wildman–Crippen LogP) is 3.51. The summed E-state index contributed by atoms with van der Waals surface area (Å²) in [6, 6.07) is 8.21. The van der Waals surface area contributed by atoms with Gasteiger partial charge in [-0.2, -0.15) is 0 Å². The minimum absolute atomic E-state index is 0.433. The second-order valence-corrected chi connectivity index (χ2v) is 7.57. The van der Waals surface area contributed by atoms with Crippen LogP contribution in [0.4, 0.5) is 5.69 Å². The minimum Gasteiger partial charge on any atom is -0.389 e. The normalized spacial score (nSPS) is 29.1. The topological polar surface area (TPSA) is 41.3 Å². The van der Waals surface area contributed by atoms with Crippen molar-refractivity contribution in [2.45, 2.75) is 50.2 Å². The lowest BCUT2D eigenvalue weighted by atomic mass is 9.82. The van der Waals surface area contributed by atoms with E-state index in [-0.39, 0.29) is 0 Å². The summed E-state index contributed by atoms with van der Waals surface area (Å²) in [5.74, 6) is 0. The summed E-state index contributed by atoms with van der Waals surface area (Å²) in [7, 11) is 2.29. The summed E-state index contributed by atoms with van der Waals surface area (Å²) in [5, 5.41) is 3.70. The number of nitrogens with one attached hydrogen (secondary N) is 1. The van der Waals surface area contributed by atoms with Crippen LogP contribution in [0, 0.1) is 0 Å². The Morgan fingerprint density at radius 2 is 2.00 bits per heavy atom. The van der Waals surface area contributed by atoms with Crippen LogP contribution in [-0.2, 0) is 0 Å². The van der Waals surface area contributed by atoms with Gasteiger partial charge in [-0.15, -0.1) is 0 Å². The summed E-state index contributed by atoms with van der Waals surface area (Å²) in [6.45, 7) is 0. The maximum atomic E-state index is 5.70. The Hall–Kier alpha value is -0.650. The number of thiocarbonyl (C=S) groups is 1. The fraction of sp³-hybridized carbons (Fsp3) is 0.562. The van der Waals surface area contributed by atoms with E-state index in [0.29, 0.717) is 11.0 Å². The molecule has 2 saturated heterocycles. The van der Waals surface area contributed by atoms with Crippen LogP contribution in [0.2, 0.25) is 0 Å². The van der Waals surface area contributed by atoms with Crippen molar-refractivity contribution >= 4 is 38.8 Å². The maximum absolute atomic E-state index is 5.70. The molecule has 2 bridgehead atoms. The van der Waals surface area contributed by atoms with Crippen molar-refractivity contribution in [3.63, 3.8) is 0 Å². The van der Waals surface area contributed by atoms with Crippen LogP contribution >= 0.6 is 28.1 Å². The van der Waals surface area contributed by atoms with Crippen LogP contribution < -0.4 is 11.1 Å². The van der Waals surface area contributed by atoms with Gasteiger partial charge in [-0.1, -0.05) is 18.6 Å². The lowest BCUT2D eigenvalue weighted by molar-refractivity contribution is 0.0608. The Morgan fingerprint density at radius 3 is 2.57 bits per heavy atom. The quantitative estimate of drug-likeness (QED) is 0.802. The summed E-state index contributed by atoms with van der Waals surface area (Å²) < 4.78 is 0.966. The van der Waals surface area contributed by atoms with Crippen molar-refractivity contribution in [3.05, 3.63) is 28.2 Å². The Bertz CT molecular complexity index is 534. The second-order valence-electron chi connectivity index (χ2n) is 6.28. The fourth-order valence-electron chi connectivity index (χ4n) is 3.77. The third-order valence-electron chi connectivity index (χ3n) is 4.95. The summed E-state index contributed by atoms with van der Waals surface area (Å²) in [6.07, 6.45) is 6.55. The van der Waals surface area contributed by atoms with Gasteiger partial charge in [0.2, 0.25) is 0 Å². The van der Waals surface area contributed by atoms with E-state index in [0.717, 1.165) is 27.8 Å². The molecule has 3 rings (SSSR count). The maximum Gasteiger partial charge on any atom is 0.105 e. The molecular formula is C16H22BrN3S. The number of hydrogen-bond donors (Lipinski definition) is 2. The number of nitrogens with zero attached hydrogens (tertiary/aromatic N) is 1. The minimum atomic E-state index is 0.433. The van der Waals surface area contributed by atoms with Gasteiger partial charge in [0, 0.05) is 33.8 Å². The Morgan fingerprint density at radius 1 is 1.33 bits per heavy atom. The smallest absolute Gasteiger partial charge is 0.105 e. The van der Waals surface area contributed by atoms with E-state index in [1.54, 1.807) is 0 Å². The molecule has 2 aliphatic rings. The van der Waals surface area contributed by atoms with E-state index >= 15 is 0 Å². The average Bonchev–Trinajstić information content (AvgIpc) is 2.39. The molecule has 2 heterocycles. The fourth-order valence-corrected chi connectivity index (χ4v) is 4.68. The zero-order chi connectivity index (χ0) is 15.0. The van der Waals surface area contributed by atoms with E-state index in [1.165, 1.54) is 32.1 Å². The van der Waals surface area contributed by atoms with Crippen LogP contribution in [0.15, 0.2) is 22.7 Å². The van der Waals surface area contributed by atoms with Crippen molar-refractivity contribution in [2.75, 3.05) is 12.4 Å². The second kappa shape index (κ2) is 6.23. The van der Waals surface area contributed by atoms with Crippen LogP contribution in [0.3, 0.4) is 0 Å². The van der Waals surface area contributed by atoms with Crippen LogP contribution in [0.1, 0.15) is 37.7 Å². The molecule has 3 nitrogen and oxygen atoms in total. The van der Waals surface area contributed by atoms with E-state index in [1.807, 2.05) is 6.07 Å². The van der Waals surface area contributed by atoms with E-state index in [4.69, 9.17) is 18.0 Å². The van der Waals surface area contributed by atoms with Gasteiger partial charge in [0.1, 0.15) is 4.99 Å². The highest BCUT2D eigenvalue weighted by molar-refractivity contribution is 9.10. The molecule has 0 spiro atoms. The van der Waals surface area contributed by atoms with Gasteiger partial charge in [-0.3, -0.25) is 0 Å². The Kier molecular flexibility index (Phi) is 4.52. The van der Waals surface area contributed by atoms with Gasteiger partial charge in [-0.05, 0) is 66.9 Å². The molecule has 0 aromatic heterocycles. The van der Waals surface area contributed by atoms with E-state index < -0.39 is 0 Å². The Balaban J connectivity index is 1.70. The number of fused-ring (bicyclic) bond motifs is 2. The van der Waals surface area contributed by atoms with E-state index in [2.05, 4.69) is 45.3 Å². The van der Waals surface area contributed by atoms with E-state index in [9.17, 15) is 0 Å². The molecule has 0 radical (unpaired) electrons. The van der Waals surface area contributed by atoms with Gasteiger partial charge in [0.15, 0.2) is 0 Å². The summed E-state index contributed by atoms with van der Waals surface area (Å²) >= 11 is 8.60. The first-order valence-electron chi connectivity index (χ1n) is 7.62. The molecule has 21 heavy (non-hydrogen) atoms. The number of benzene rings is 1. The first-order chi connectivity index (χ1) is 10.0. The van der Waals surface area contributed by atoms with Gasteiger partial charge < -0.3 is 16.0 Å². The van der Waals surface area contributed by atoms with Crippen molar-refractivity contribution in [1.82, 2.24) is 4.90 Å². The zero-order valence-corrected chi connectivity index (χ0v) is 14.7. The zero-order valence-electron chi connectivity index (χ0n) is 12.3. The number of halogens is 1. The van der Waals surface area contributed by atoms with Gasteiger partial charge in [0.25, 0.3) is 0 Å². The monoisotopic (exact) mass is 367 g/mol. The number of anilines is 1. The SMILES string of the molecule is CN1C2CCCC1CC(Nc1ccc(C(N)=S)c(Br)c1)C2. The molecule has 2 aliphatic heterocycles. The Labute approximate surface area is 140 Å². The first kappa shape index (κ1) is 15.3. The molecular weight excluding hydrogens is 346 g/mol. The van der Waals surface area contributed by atoms with Gasteiger partial charge in [0.05, 0.1) is 0 Å². The third kappa shape index (κ3) is 3.25. The predicted molar refractivity (Wildman–Crippen MR) is 95.9 cm³/mol. The number of nitrogens with two attached hydrogens (primary N) is 1. The molecule has 5 heteroatoms. The lowest BCUT2D eigenvalue weighted by Gasteiger charge is -2.47. The highest BCUT2D eigenvalue weighted by atomic mass is 79.9. The van der Waals surface area contributed by atoms with Gasteiger partial charge in [-0.25, -0.2) is 0 Å². The van der Waals surface area contributed by atoms with Crippen molar-refractivity contribution in [3.8, 4) is 0 Å². The highest BCUT2D eigenvalue weighted by Gasteiger charge is 2.35. The molecule has 1 aromatic rings. The molecule has 114 valence electrons. The lowest BCUT2D eigenvalue weighted by Crippen LogP contribution is -2.52. The third-order valence-corrected chi connectivity index (χ3v) is 5.82. The van der Waals surface area contributed by atoms with Crippen molar-refractivity contribution in [2.24, 2.45) is 5.73 Å². The van der Waals surface area contributed by atoms with Gasteiger partial charge >= 0.3 is 0 Å². The molecule has 2 atom stereocenters. The first-order valence-corrected chi connectivity index (χ1v) is 8.82. The standard InChI is InChI=1S/C16H22BrN3S/c1-20-12-3-2-4-13(20)8-11(7-12)19-10-5-6-14(16(18)21)15(17)9-10/h5-6,9,11-13,19H,2-4,7-8H2,1H3,(H2,18,21). The van der Waals surface area contributed by atoms with Crippen molar-refractivity contribution < 1.29 is 0 Å². The number of piperidine rings is 2. The number of hydrogen-bond acceptors (Lipinski definition) is 3. The van der Waals surface area contributed by atoms with Crippen LogP contribution in [0.5, 0.6) is 0 Å². The molecule has 2 fully saturated rings. The van der Waals surface area contributed by atoms with Crippen LogP contribution in [-0.4, -0.2) is 35.1 Å². The van der Waals surface area contributed by atoms with Crippen molar-refractivity contribution in [1.29, 1.82) is 0 Å². The summed E-state index contributed by atoms with van der Waals surface area (Å²) in [4.78, 5) is 3.02. The molecule has 3 N–H and O–H groups in total. The molecule has 2 unspecified atom stereocenters. The molecule has 1 aromatic carbocycles. The van der Waals surface area contributed by atoms with Crippen LogP contribution in [0.25, 0.3) is 0 Å². The molecule has 0 saturated carbocycles. The molecule has 0 aliphatic carbocycles. The highest BCUT2D eigenvalue weighted by Crippen LogP contribution is 2.34. The average molecular weight is 368 g/mol. The summed E-state index contributed by atoms with van der Waals surface area (Å²) in [5.41, 5.74) is 7.75. The number of rotatable bonds is 3. The molecule has 0 amide bonds.